The Balaban J connectivity index is 1.97. The molecule has 1 aliphatic carbocycles. The first kappa shape index (κ1) is 16.3. The summed E-state index contributed by atoms with van der Waals surface area (Å²) in [7, 11) is 0. The molecule has 1 fully saturated rings. The van der Waals surface area contributed by atoms with Crippen molar-refractivity contribution in [3.05, 3.63) is 22.8 Å². The van der Waals surface area contributed by atoms with Crippen LogP contribution in [0.3, 0.4) is 0 Å². The van der Waals surface area contributed by atoms with E-state index in [1.165, 1.54) is 6.42 Å². The van der Waals surface area contributed by atoms with Gasteiger partial charge in [-0.1, -0.05) is 30.9 Å². The van der Waals surface area contributed by atoms with Gasteiger partial charge in [0, 0.05) is 12.2 Å². The average molecular weight is 338 g/mol. The van der Waals surface area contributed by atoms with Gasteiger partial charge in [0.05, 0.1) is 10.6 Å². The number of pyridine rings is 1. The summed E-state index contributed by atoms with van der Waals surface area (Å²) in [5, 5.41) is 6.10. The summed E-state index contributed by atoms with van der Waals surface area (Å²) in [6.07, 6.45) is 1.88. The molecule has 2 rings (SSSR count). The number of hydrogen-bond donors (Lipinski definition) is 2. The van der Waals surface area contributed by atoms with E-state index in [4.69, 9.17) is 23.8 Å². The topological polar surface area (TPSA) is 37.0 Å². The van der Waals surface area contributed by atoms with Gasteiger partial charge in [-0.15, -0.1) is 0 Å². The smallest absolute Gasteiger partial charge is 0.360 e. The van der Waals surface area contributed by atoms with Gasteiger partial charge in [0.15, 0.2) is 10.9 Å². The molecule has 0 aromatic carbocycles. The van der Waals surface area contributed by atoms with E-state index in [0.29, 0.717) is 11.2 Å². The van der Waals surface area contributed by atoms with Crippen LogP contribution >= 0.6 is 23.8 Å². The van der Waals surface area contributed by atoms with Gasteiger partial charge in [-0.05, 0) is 31.1 Å². The van der Waals surface area contributed by atoms with Crippen LogP contribution in [0.25, 0.3) is 0 Å². The summed E-state index contributed by atoms with van der Waals surface area (Å²) in [6, 6.07) is 1.13. The number of hydrogen-bond acceptors (Lipinski definition) is 2. The maximum atomic E-state index is 12.5. The second-order valence-electron chi connectivity index (χ2n) is 4.99. The normalized spacial score (nSPS) is 16.6. The predicted octanol–water partition coefficient (Wildman–Crippen LogP) is 4.37. The summed E-state index contributed by atoms with van der Waals surface area (Å²) < 4.78 is 37.5. The van der Waals surface area contributed by atoms with E-state index < -0.39 is 11.7 Å². The molecule has 21 heavy (non-hydrogen) atoms. The van der Waals surface area contributed by atoms with Crippen molar-refractivity contribution >= 4 is 34.7 Å². The van der Waals surface area contributed by atoms with Gasteiger partial charge in [-0.3, -0.25) is 0 Å². The van der Waals surface area contributed by atoms with E-state index in [9.17, 15) is 13.2 Å². The van der Waals surface area contributed by atoms with Gasteiger partial charge < -0.3 is 10.6 Å². The molecule has 0 unspecified atom stereocenters. The largest absolute Gasteiger partial charge is 0.417 e. The quantitative estimate of drug-likeness (QED) is 0.786. The molecule has 1 aliphatic rings. The molecule has 1 heterocycles. The van der Waals surface area contributed by atoms with Crippen LogP contribution in [0.2, 0.25) is 5.02 Å². The fourth-order valence-corrected chi connectivity index (χ4v) is 2.74. The highest BCUT2D eigenvalue weighted by atomic mass is 35.5. The molecule has 0 bridgehead atoms. The number of halogens is 4. The number of alkyl halides is 3. The lowest BCUT2D eigenvalue weighted by atomic mass is 9.96. The molecule has 3 nitrogen and oxygen atoms in total. The zero-order valence-electron chi connectivity index (χ0n) is 11.1. The minimum Gasteiger partial charge on any atom is -0.360 e. The minimum atomic E-state index is -4.46. The Morgan fingerprint density at radius 1 is 1.29 bits per heavy atom. The SMILES string of the molecule is FC(F)(F)c1cnc(NC(=S)NC2CCCCC2)c(Cl)c1. The molecule has 0 spiro atoms. The lowest BCUT2D eigenvalue weighted by Gasteiger charge is -2.24. The highest BCUT2D eigenvalue weighted by molar-refractivity contribution is 7.80. The molecule has 2 N–H and O–H groups in total. The van der Waals surface area contributed by atoms with Crippen LogP contribution in [0.1, 0.15) is 37.7 Å². The monoisotopic (exact) mass is 337 g/mol. The molecular weight excluding hydrogens is 323 g/mol. The molecule has 0 saturated heterocycles. The lowest BCUT2D eigenvalue weighted by molar-refractivity contribution is -0.137. The third kappa shape index (κ3) is 4.71. The van der Waals surface area contributed by atoms with Crippen molar-refractivity contribution in [3.63, 3.8) is 0 Å². The van der Waals surface area contributed by atoms with E-state index in [-0.39, 0.29) is 10.8 Å². The molecule has 0 radical (unpaired) electrons. The van der Waals surface area contributed by atoms with Crippen molar-refractivity contribution in [2.45, 2.75) is 44.3 Å². The summed E-state index contributed by atoms with van der Waals surface area (Å²) in [6.45, 7) is 0. The molecule has 0 amide bonds. The maximum absolute atomic E-state index is 12.5. The van der Waals surface area contributed by atoms with Crippen molar-refractivity contribution in [1.29, 1.82) is 0 Å². The fraction of sp³-hybridized carbons (Fsp3) is 0.538. The summed E-state index contributed by atoms with van der Waals surface area (Å²) in [5.74, 6) is 0.123. The van der Waals surface area contributed by atoms with Gasteiger partial charge in [-0.2, -0.15) is 13.2 Å². The maximum Gasteiger partial charge on any atom is 0.417 e. The number of nitrogens with one attached hydrogen (secondary N) is 2. The Morgan fingerprint density at radius 2 is 1.95 bits per heavy atom. The molecule has 0 aliphatic heterocycles. The molecule has 8 heteroatoms. The Hall–Kier alpha value is -1.08. The fourth-order valence-electron chi connectivity index (χ4n) is 2.26. The number of thiocarbonyl (C=S) groups is 1. The molecular formula is C13H15ClF3N3S. The summed E-state index contributed by atoms with van der Waals surface area (Å²) in [5.41, 5.74) is -0.885. The predicted molar refractivity (Wildman–Crippen MR) is 80.5 cm³/mol. The highest BCUT2D eigenvalue weighted by Crippen LogP contribution is 2.32. The van der Waals surface area contributed by atoms with Crippen LogP contribution in [0, 0.1) is 0 Å². The van der Waals surface area contributed by atoms with Crippen LogP contribution in [-0.2, 0) is 6.18 Å². The zero-order chi connectivity index (χ0) is 15.5. The Kier molecular flexibility index (Phi) is 5.27. The van der Waals surface area contributed by atoms with Crippen molar-refractivity contribution in [2.24, 2.45) is 0 Å². The van der Waals surface area contributed by atoms with Gasteiger partial charge in [0.1, 0.15) is 0 Å². The second kappa shape index (κ2) is 6.79. The van der Waals surface area contributed by atoms with Crippen molar-refractivity contribution in [1.82, 2.24) is 10.3 Å². The van der Waals surface area contributed by atoms with E-state index in [1.807, 2.05) is 0 Å². The van der Waals surface area contributed by atoms with Crippen LogP contribution in [0.15, 0.2) is 12.3 Å². The van der Waals surface area contributed by atoms with Gasteiger partial charge in [0.25, 0.3) is 0 Å². The van der Waals surface area contributed by atoms with Crippen molar-refractivity contribution in [3.8, 4) is 0 Å². The van der Waals surface area contributed by atoms with Crippen LogP contribution in [-0.4, -0.2) is 16.1 Å². The molecule has 116 valence electrons. The van der Waals surface area contributed by atoms with Crippen molar-refractivity contribution < 1.29 is 13.2 Å². The van der Waals surface area contributed by atoms with Gasteiger partial charge in [0.2, 0.25) is 0 Å². The molecule has 1 saturated carbocycles. The molecule has 0 atom stereocenters. The van der Waals surface area contributed by atoms with Gasteiger partial charge >= 0.3 is 6.18 Å². The van der Waals surface area contributed by atoms with Crippen LogP contribution < -0.4 is 10.6 Å². The van der Waals surface area contributed by atoms with Crippen molar-refractivity contribution in [2.75, 3.05) is 5.32 Å². The third-order valence-corrected chi connectivity index (χ3v) is 3.85. The van der Waals surface area contributed by atoms with E-state index in [1.54, 1.807) is 0 Å². The molecule has 1 aromatic heterocycles. The first-order chi connectivity index (χ1) is 9.86. The van der Waals surface area contributed by atoms with Crippen LogP contribution in [0.5, 0.6) is 0 Å². The Bertz CT molecular complexity index is 516. The van der Waals surface area contributed by atoms with Gasteiger partial charge in [-0.25, -0.2) is 4.98 Å². The van der Waals surface area contributed by atoms with E-state index in [2.05, 4.69) is 15.6 Å². The van der Waals surface area contributed by atoms with E-state index in [0.717, 1.165) is 37.9 Å². The van der Waals surface area contributed by atoms with Crippen LogP contribution in [0.4, 0.5) is 19.0 Å². The highest BCUT2D eigenvalue weighted by Gasteiger charge is 2.31. The standard InChI is InChI=1S/C13H15ClF3N3S/c14-10-6-8(13(15,16)17)7-18-11(10)20-12(21)19-9-4-2-1-3-5-9/h6-7,9H,1-5H2,(H2,18,19,20,21). The van der Waals surface area contributed by atoms with E-state index >= 15 is 0 Å². The second-order valence-corrected chi connectivity index (χ2v) is 5.80. The number of anilines is 1. The summed E-state index contributed by atoms with van der Waals surface area (Å²) in [4.78, 5) is 3.69. The minimum absolute atomic E-state index is 0.113. The average Bonchev–Trinajstić information content (AvgIpc) is 2.41. The molecule has 1 aromatic rings. The first-order valence-corrected chi connectivity index (χ1v) is 7.45. The third-order valence-electron chi connectivity index (χ3n) is 3.34. The number of rotatable bonds is 2. The number of aromatic nitrogens is 1. The Morgan fingerprint density at radius 3 is 2.52 bits per heavy atom. The Labute approximate surface area is 131 Å². The summed E-state index contributed by atoms with van der Waals surface area (Å²) >= 11 is 10.9. The first-order valence-electron chi connectivity index (χ1n) is 6.66. The number of nitrogens with zero attached hydrogens (tertiary/aromatic N) is 1. The zero-order valence-corrected chi connectivity index (χ0v) is 12.7. The lowest BCUT2D eigenvalue weighted by Crippen LogP contribution is -2.39.